The molecule has 5 nitrogen and oxygen atoms in total. The van der Waals surface area contributed by atoms with E-state index in [9.17, 15) is 4.79 Å². The molecule has 0 aliphatic carbocycles. The molecule has 0 unspecified atom stereocenters. The summed E-state index contributed by atoms with van der Waals surface area (Å²) in [7, 11) is 0. The molecule has 1 aliphatic rings. The van der Waals surface area contributed by atoms with Gasteiger partial charge in [0.1, 0.15) is 5.75 Å². The number of anilines is 1. The second-order valence-electron chi connectivity index (χ2n) is 5.78. The summed E-state index contributed by atoms with van der Waals surface area (Å²) in [6.45, 7) is 9.16. The molecule has 0 saturated carbocycles. The smallest absolute Gasteiger partial charge is 0.322 e. The summed E-state index contributed by atoms with van der Waals surface area (Å²) in [4.78, 5) is 14.0. The summed E-state index contributed by atoms with van der Waals surface area (Å²) < 4.78 is 11.2. The minimum Gasteiger partial charge on any atom is -0.491 e. The maximum Gasteiger partial charge on any atom is 0.322 e. The Balaban J connectivity index is 1.93. The van der Waals surface area contributed by atoms with Crippen LogP contribution in [0.25, 0.3) is 0 Å². The van der Waals surface area contributed by atoms with Crippen molar-refractivity contribution in [1.82, 2.24) is 4.90 Å². The first-order valence-electron chi connectivity index (χ1n) is 7.42. The fourth-order valence-corrected chi connectivity index (χ4v) is 2.44. The Bertz CT molecular complexity index is 463. The van der Waals surface area contributed by atoms with Gasteiger partial charge in [-0.15, -0.1) is 0 Å². The number of amides is 2. The zero-order chi connectivity index (χ0) is 15.4. The number of nitrogens with one attached hydrogen (secondary N) is 1. The highest BCUT2D eigenvalue weighted by Crippen LogP contribution is 2.18. The van der Waals surface area contributed by atoms with Crippen molar-refractivity contribution in [2.45, 2.75) is 46.0 Å². The number of carbonyl (C=O) groups excluding carboxylic acids is 1. The molecule has 1 heterocycles. The maximum absolute atomic E-state index is 12.2. The van der Waals surface area contributed by atoms with Crippen LogP contribution in [0.2, 0.25) is 0 Å². The van der Waals surface area contributed by atoms with Crippen molar-refractivity contribution in [2.24, 2.45) is 0 Å². The first kappa shape index (κ1) is 15.6. The molecule has 1 aromatic rings. The molecule has 1 N–H and O–H groups in total. The van der Waals surface area contributed by atoms with E-state index >= 15 is 0 Å². The van der Waals surface area contributed by atoms with Gasteiger partial charge in [-0.25, -0.2) is 4.79 Å². The summed E-state index contributed by atoms with van der Waals surface area (Å²) in [5.41, 5.74) is 0.767. The predicted molar refractivity (Wildman–Crippen MR) is 82.8 cm³/mol. The van der Waals surface area contributed by atoms with Crippen LogP contribution in [0.15, 0.2) is 24.3 Å². The minimum absolute atomic E-state index is 0.0707. The van der Waals surface area contributed by atoms with Crippen LogP contribution >= 0.6 is 0 Å². The number of ether oxygens (including phenoxy) is 2. The zero-order valence-corrected chi connectivity index (χ0v) is 13.1. The van der Waals surface area contributed by atoms with Crippen LogP contribution in [0, 0.1) is 0 Å². The number of benzene rings is 1. The molecule has 0 spiro atoms. The van der Waals surface area contributed by atoms with E-state index in [1.165, 1.54) is 0 Å². The van der Waals surface area contributed by atoms with Crippen molar-refractivity contribution in [3.8, 4) is 5.75 Å². The Labute approximate surface area is 126 Å². The molecule has 2 amide bonds. The number of rotatable bonds is 3. The van der Waals surface area contributed by atoms with Gasteiger partial charge in [-0.1, -0.05) is 0 Å². The van der Waals surface area contributed by atoms with Crippen molar-refractivity contribution in [2.75, 3.05) is 18.4 Å². The van der Waals surface area contributed by atoms with E-state index in [1.54, 1.807) is 4.90 Å². The number of morpholine rings is 1. The highest BCUT2D eigenvalue weighted by atomic mass is 16.5. The van der Waals surface area contributed by atoms with Gasteiger partial charge in [0.2, 0.25) is 0 Å². The van der Waals surface area contributed by atoms with Crippen molar-refractivity contribution in [3.63, 3.8) is 0 Å². The first-order valence-corrected chi connectivity index (χ1v) is 7.42. The van der Waals surface area contributed by atoms with Crippen LogP contribution in [0.4, 0.5) is 10.5 Å². The van der Waals surface area contributed by atoms with E-state index < -0.39 is 0 Å². The molecule has 1 fully saturated rings. The molecular weight excluding hydrogens is 268 g/mol. The molecule has 21 heavy (non-hydrogen) atoms. The van der Waals surface area contributed by atoms with Crippen molar-refractivity contribution in [3.05, 3.63) is 24.3 Å². The van der Waals surface area contributed by atoms with Crippen LogP contribution in [-0.4, -0.2) is 42.3 Å². The SMILES string of the molecule is CC(C)Oc1ccc(NC(=O)N2C[C@H](C)O[C@@H](C)C2)cc1. The average molecular weight is 292 g/mol. The van der Waals surface area contributed by atoms with Gasteiger partial charge in [0.05, 0.1) is 18.3 Å². The Morgan fingerprint density at radius 2 is 1.81 bits per heavy atom. The highest BCUT2D eigenvalue weighted by Gasteiger charge is 2.25. The lowest BCUT2D eigenvalue weighted by molar-refractivity contribution is -0.0530. The Kier molecular flexibility index (Phi) is 5.07. The summed E-state index contributed by atoms with van der Waals surface area (Å²) in [6.07, 6.45) is 0.282. The van der Waals surface area contributed by atoms with Gasteiger partial charge in [-0.2, -0.15) is 0 Å². The van der Waals surface area contributed by atoms with Crippen LogP contribution in [0.1, 0.15) is 27.7 Å². The average Bonchev–Trinajstić information content (AvgIpc) is 2.39. The topological polar surface area (TPSA) is 50.8 Å². The van der Waals surface area contributed by atoms with E-state index in [2.05, 4.69) is 5.32 Å². The summed E-state index contributed by atoms with van der Waals surface area (Å²) in [6, 6.07) is 7.33. The van der Waals surface area contributed by atoms with Crippen LogP contribution < -0.4 is 10.1 Å². The molecule has 5 heteroatoms. The van der Waals surface area contributed by atoms with E-state index in [-0.39, 0.29) is 24.3 Å². The van der Waals surface area contributed by atoms with Crippen molar-refractivity contribution >= 4 is 11.7 Å². The fraction of sp³-hybridized carbons (Fsp3) is 0.562. The predicted octanol–water partition coefficient (Wildman–Crippen LogP) is 3.11. The third kappa shape index (κ3) is 4.63. The molecule has 0 aromatic heterocycles. The van der Waals surface area contributed by atoms with E-state index in [0.717, 1.165) is 11.4 Å². The molecule has 0 bridgehead atoms. The van der Waals surface area contributed by atoms with Gasteiger partial charge in [0, 0.05) is 18.8 Å². The summed E-state index contributed by atoms with van der Waals surface area (Å²) >= 11 is 0. The Hall–Kier alpha value is -1.75. The molecule has 1 saturated heterocycles. The first-order chi connectivity index (χ1) is 9.94. The summed E-state index contributed by atoms with van der Waals surface area (Å²) in [5, 5.41) is 2.91. The normalized spacial score (nSPS) is 22.2. The van der Waals surface area contributed by atoms with Gasteiger partial charge in [-0.3, -0.25) is 0 Å². The number of hydrogen-bond acceptors (Lipinski definition) is 3. The van der Waals surface area contributed by atoms with E-state index in [4.69, 9.17) is 9.47 Å². The lowest BCUT2D eigenvalue weighted by Crippen LogP contribution is -2.49. The highest BCUT2D eigenvalue weighted by molar-refractivity contribution is 5.89. The maximum atomic E-state index is 12.2. The van der Waals surface area contributed by atoms with Gasteiger partial charge >= 0.3 is 6.03 Å². The van der Waals surface area contributed by atoms with Crippen molar-refractivity contribution in [1.29, 1.82) is 0 Å². The van der Waals surface area contributed by atoms with Crippen molar-refractivity contribution < 1.29 is 14.3 Å². The number of hydrogen-bond donors (Lipinski definition) is 1. The number of urea groups is 1. The van der Waals surface area contributed by atoms with Gasteiger partial charge in [0.15, 0.2) is 0 Å². The minimum atomic E-state index is -0.0884. The fourth-order valence-electron chi connectivity index (χ4n) is 2.44. The molecule has 116 valence electrons. The van der Waals surface area contributed by atoms with Gasteiger partial charge < -0.3 is 19.7 Å². The second kappa shape index (κ2) is 6.80. The molecule has 0 radical (unpaired) electrons. The monoisotopic (exact) mass is 292 g/mol. The van der Waals surface area contributed by atoms with E-state index in [1.807, 2.05) is 52.0 Å². The quantitative estimate of drug-likeness (QED) is 0.931. The van der Waals surface area contributed by atoms with Gasteiger partial charge in [-0.05, 0) is 52.0 Å². The molecular formula is C16H24N2O3. The molecule has 1 aromatic carbocycles. The van der Waals surface area contributed by atoms with Gasteiger partial charge in [0.25, 0.3) is 0 Å². The standard InChI is InChI=1S/C16H24N2O3/c1-11(2)20-15-7-5-14(6-8-15)17-16(19)18-9-12(3)21-13(4)10-18/h5-8,11-13H,9-10H2,1-4H3,(H,17,19)/t12-,13-/m0/s1. The molecule has 1 aliphatic heterocycles. The third-order valence-electron chi connectivity index (χ3n) is 3.18. The van der Waals surface area contributed by atoms with Crippen LogP contribution in [-0.2, 0) is 4.74 Å². The van der Waals surface area contributed by atoms with Crippen LogP contribution in [0.3, 0.4) is 0 Å². The largest absolute Gasteiger partial charge is 0.491 e. The molecule has 2 rings (SSSR count). The van der Waals surface area contributed by atoms with Crippen LogP contribution in [0.5, 0.6) is 5.75 Å². The Morgan fingerprint density at radius 3 is 2.33 bits per heavy atom. The Morgan fingerprint density at radius 1 is 1.24 bits per heavy atom. The van der Waals surface area contributed by atoms with E-state index in [0.29, 0.717) is 13.1 Å². The zero-order valence-electron chi connectivity index (χ0n) is 13.1. The molecule has 2 atom stereocenters. The number of carbonyl (C=O) groups is 1. The third-order valence-corrected chi connectivity index (χ3v) is 3.18. The summed E-state index contributed by atoms with van der Waals surface area (Å²) in [5.74, 6) is 0.802. The number of nitrogens with zero attached hydrogens (tertiary/aromatic N) is 1. The second-order valence-corrected chi connectivity index (χ2v) is 5.78. The lowest BCUT2D eigenvalue weighted by Gasteiger charge is -2.35. The lowest BCUT2D eigenvalue weighted by atomic mass is 10.2.